The molecule has 172 valence electrons. The van der Waals surface area contributed by atoms with Gasteiger partial charge in [-0.3, -0.25) is 4.79 Å². The summed E-state index contributed by atoms with van der Waals surface area (Å²) >= 11 is 8.01. The molecule has 0 N–H and O–H groups in total. The van der Waals surface area contributed by atoms with Crippen molar-refractivity contribution in [2.24, 2.45) is 0 Å². The van der Waals surface area contributed by atoms with Crippen LogP contribution in [0.5, 0.6) is 0 Å². The van der Waals surface area contributed by atoms with Crippen molar-refractivity contribution in [3.8, 4) is 0 Å². The molecule has 1 fully saturated rings. The Balaban J connectivity index is 1.72. The van der Waals surface area contributed by atoms with Crippen molar-refractivity contribution in [3.63, 3.8) is 0 Å². The molecule has 2 aromatic rings. The number of amides is 1. The second-order valence-electron chi connectivity index (χ2n) is 7.59. The number of halogens is 2. The molecular formula is C23H26BrClN2O4S. The first kappa shape index (κ1) is 24.9. The van der Waals surface area contributed by atoms with E-state index in [0.717, 1.165) is 5.69 Å². The van der Waals surface area contributed by atoms with Crippen LogP contribution in [-0.2, 0) is 20.7 Å². The SMILES string of the molecule is CCOC(=O)C[S+]([O-])c1ccc(C(=O)N2CCN(c3cccc(Cl)c3)[C@H](C)[C@H]2C)cc1Br. The van der Waals surface area contributed by atoms with Crippen molar-refractivity contribution >= 4 is 56.3 Å². The van der Waals surface area contributed by atoms with Crippen LogP contribution in [0.25, 0.3) is 0 Å². The number of esters is 1. The molecule has 1 aliphatic rings. The van der Waals surface area contributed by atoms with E-state index < -0.39 is 17.1 Å². The Morgan fingerprint density at radius 1 is 1.19 bits per heavy atom. The molecule has 32 heavy (non-hydrogen) atoms. The van der Waals surface area contributed by atoms with Crippen molar-refractivity contribution < 1.29 is 18.9 Å². The van der Waals surface area contributed by atoms with E-state index in [4.69, 9.17) is 16.3 Å². The number of anilines is 1. The molecule has 9 heteroatoms. The van der Waals surface area contributed by atoms with Gasteiger partial charge < -0.3 is 19.1 Å². The molecule has 3 atom stereocenters. The highest BCUT2D eigenvalue weighted by Crippen LogP contribution is 2.29. The van der Waals surface area contributed by atoms with Crippen LogP contribution in [-0.4, -0.2) is 58.9 Å². The van der Waals surface area contributed by atoms with Crippen molar-refractivity contribution in [3.05, 3.63) is 57.5 Å². The van der Waals surface area contributed by atoms with Crippen molar-refractivity contribution in [1.82, 2.24) is 4.90 Å². The molecule has 0 spiro atoms. The summed E-state index contributed by atoms with van der Waals surface area (Å²) in [5.74, 6) is -0.823. The van der Waals surface area contributed by atoms with Gasteiger partial charge in [0.15, 0.2) is 4.90 Å². The minimum atomic E-state index is -1.56. The maximum atomic E-state index is 13.3. The molecule has 0 radical (unpaired) electrons. The summed E-state index contributed by atoms with van der Waals surface area (Å²) < 4.78 is 17.9. The van der Waals surface area contributed by atoms with Crippen LogP contribution >= 0.6 is 27.5 Å². The smallest absolute Gasteiger partial charge is 0.356 e. The molecule has 0 bridgehead atoms. The Morgan fingerprint density at radius 3 is 2.59 bits per heavy atom. The van der Waals surface area contributed by atoms with Crippen LogP contribution in [0.2, 0.25) is 5.02 Å². The summed E-state index contributed by atoms with van der Waals surface area (Å²) in [6.07, 6.45) is 0. The van der Waals surface area contributed by atoms with E-state index in [1.165, 1.54) is 0 Å². The van der Waals surface area contributed by atoms with Crippen molar-refractivity contribution in [1.29, 1.82) is 0 Å². The number of hydrogen-bond acceptors (Lipinski definition) is 5. The van der Waals surface area contributed by atoms with E-state index in [9.17, 15) is 14.1 Å². The minimum Gasteiger partial charge on any atom is -0.611 e. The third-order valence-corrected chi connectivity index (χ3v) is 8.14. The summed E-state index contributed by atoms with van der Waals surface area (Å²) in [7, 11) is 0. The molecule has 1 heterocycles. The summed E-state index contributed by atoms with van der Waals surface area (Å²) in [6.45, 7) is 7.35. The number of rotatable bonds is 6. The molecule has 0 aliphatic carbocycles. The van der Waals surface area contributed by atoms with Gasteiger partial charge >= 0.3 is 5.97 Å². The van der Waals surface area contributed by atoms with Crippen molar-refractivity contribution in [2.45, 2.75) is 37.8 Å². The lowest BCUT2D eigenvalue weighted by Gasteiger charge is -2.46. The highest BCUT2D eigenvalue weighted by atomic mass is 79.9. The molecule has 1 amide bonds. The van der Waals surface area contributed by atoms with Gasteiger partial charge in [0.25, 0.3) is 5.91 Å². The Kier molecular flexibility index (Phi) is 8.49. The standard InChI is InChI=1S/C23H26BrClN2O4S/c1-4-31-22(28)14-32(30)21-9-8-17(12-20(21)24)23(29)27-11-10-26(15(2)16(27)3)19-7-5-6-18(25)13-19/h5-9,12-13,15-16H,4,10-11,14H2,1-3H3/t15-,16-,32?/m1/s1. The first-order chi connectivity index (χ1) is 15.2. The largest absolute Gasteiger partial charge is 0.611 e. The highest BCUT2D eigenvalue weighted by molar-refractivity contribution is 9.10. The monoisotopic (exact) mass is 540 g/mol. The minimum absolute atomic E-state index is 0.0216. The zero-order valence-electron chi connectivity index (χ0n) is 18.2. The molecule has 0 aromatic heterocycles. The number of benzene rings is 2. The van der Waals surface area contributed by atoms with Crippen LogP contribution in [0.15, 0.2) is 51.8 Å². The van der Waals surface area contributed by atoms with E-state index in [0.29, 0.717) is 33.0 Å². The van der Waals surface area contributed by atoms with E-state index in [1.54, 1.807) is 25.1 Å². The van der Waals surface area contributed by atoms with Gasteiger partial charge in [-0.2, -0.15) is 0 Å². The fourth-order valence-corrected chi connectivity index (χ4v) is 5.87. The van der Waals surface area contributed by atoms with Gasteiger partial charge in [-0.25, -0.2) is 4.79 Å². The second kappa shape index (κ2) is 10.9. The maximum absolute atomic E-state index is 13.3. The fraction of sp³-hybridized carbons (Fsp3) is 0.391. The van der Waals surface area contributed by atoms with Crippen LogP contribution < -0.4 is 4.90 Å². The van der Waals surface area contributed by atoms with E-state index >= 15 is 0 Å². The topological polar surface area (TPSA) is 72.9 Å². The third kappa shape index (κ3) is 5.60. The number of carbonyl (C=O) groups is 2. The number of piperazine rings is 1. The van der Waals surface area contributed by atoms with E-state index in [2.05, 4.69) is 27.8 Å². The summed E-state index contributed by atoms with van der Waals surface area (Å²) in [6, 6.07) is 12.8. The molecule has 6 nitrogen and oxygen atoms in total. The average molecular weight is 542 g/mol. The maximum Gasteiger partial charge on any atom is 0.356 e. The summed E-state index contributed by atoms with van der Waals surface area (Å²) in [5, 5.41) is 0.686. The highest BCUT2D eigenvalue weighted by Gasteiger charge is 2.34. The van der Waals surface area contributed by atoms with Crippen LogP contribution in [0.4, 0.5) is 5.69 Å². The summed E-state index contributed by atoms with van der Waals surface area (Å²) in [5.41, 5.74) is 1.55. The first-order valence-electron chi connectivity index (χ1n) is 10.4. The number of nitrogens with zero attached hydrogens (tertiary/aromatic N) is 2. The van der Waals surface area contributed by atoms with Gasteiger partial charge in [0, 0.05) is 41.4 Å². The van der Waals surface area contributed by atoms with Gasteiger partial charge in [0.1, 0.15) is 0 Å². The van der Waals surface area contributed by atoms with Gasteiger partial charge in [-0.05, 0) is 84.3 Å². The second-order valence-corrected chi connectivity index (χ2v) is 10.3. The molecule has 2 aromatic carbocycles. The molecule has 3 rings (SSSR count). The van der Waals surface area contributed by atoms with E-state index in [1.807, 2.05) is 36.1 Å². The zero-order chi connectivity index (χ0) is 23.4. The molecule has 1 aliphatic heterocycles. The van der Waals surface area contributed by atoms with Gasteiger partial charge in [-0.1, -0.05) is 17.7 Å². The summed E-state index contributed by atoms with van der Waals surface area (Å²) in [4.78, 5) is 29.5. The van der Waals surface area contributed by atoms with Crippen LogP contribution in [0.1, 0.15) is 31.1 Å². The number of carbonyl (C=O) groups excluding carboxylic acids is 2. The fourth-order valence-electron chi connectivity index (χ4n) is 3.82. The average Bonchev–Trinajstić information content (AvgIpc) is 2.75. The molecular weight excluding hydrogens is 516 g/mol. The zero-order valence-corrected chi connectivity index (χ0v) is 21.4. The Labute approximate surface area is 205 Å². The number of ether oxygens (including phenoxy) is 1. The first-order valence-corrected chi connectivity index (χ1v) is 12.9. The third-order valence-electron chi connectivity index (χ3n) is 5.64. The Hall–Kier alpha value is -1.74. The Morgan fingerprint density at radius 2 is 1.94 bits per heavy atom. The Bertz CT molecular complexity index is 992. The molecule has 1 unspecified atom stereocenters. The van der Waals surface area contributed by atoms with Gasteiger partial charge in [0.05, 0.1) is 11.1 Å². The lowest BCUT2D eigenvalue weighted by atomic mass is 10.0. The van der Waals surface area contributed by atoms with Gasteiger partial charge in [-0.15, -0.1) is 0 Å². The van der Waals surface area contributed by atoms with Gasteiger partial charge in [0.2, 0.25) is 5.75 Å². The lowest BCUT2D eigenvalue weighted by molar-refractivity contribution is -0.139. The van der Waals surface area contributed by atoms with Crippen molar-refractivity contribution in [2.75, 3.05) is 30.3 Å². The lowest BCUT2D eigenvalue weighted by Crippen LogP contribution is -2.59. The van der Waals surface area contributed by atoms with Crippen LogP contribution in [0, 0.1) is 0 Å². The normalized spacial score (nSPS) is 19.6. The molecule has 0 saturated carbocycles. The van der Waals surface area contributed by atoms with E-state index in [-0.39, 0.29) is 30.4 Å². The predicted octanol–water partition coefficient (Wildman–Crippen LogP) is 4.51. The van der Waals surface area contributed by atoms with Crippen LogP contribution in [0.3, 0.4) is 0 Å². The predicted molar refractivity (Wildman–Crippen MR) is 131 cm³/mol. The molecule has 1 saturated heterocycles. The number of hydrogen-bond donors (Lipinski definition) is 0. The quantitative estimate of drug-likeness (QED) is 0.397.